The van der Waals surface area contributed by atoms with Crippen LogP contribution in [0.4, 0.5) is 10.1 Å². The number of fused-ring (bicyclic) bond motifs is 1. The molecule has 0 spiro atoms. The summed E-state index contributed by atoms with van der Waals surface area (Å²) in [7, 11) is -2.48. The third-order valence-electron chi connectivity index (χ3n) is 13.1. The van der Waals surface area contributed by atoms with Crippen LogP contribution in [0.5, 0.6) is 0 Å². The summed E-state index contributed by atoms with van der Waals surface area (Å²) < 4.78 is 47.8. The number of halogens is 1. The lowest BCUT2D eigenvalue weighted by atomic mass is 9.91. The summed E-state index contributed by atoms with van der Waals surface area (Å²) in [5.41, 5.74) is 11.0. The van der Waals surface area contributed by atoms with Gasteiger partial charge in [0.15, 0.2) is 0 Å². The van der Waals surface area contributed by atoms with Crippen molar-refractivity contribution in [3.8, 4) is 5.69 Å². The van der Waals surface area contributed by atoms with Crippen LogP contribution in [0.25, 0.3) is 16.6 Å². The Morgan fingerprint density at radius 3 is 2.44 bits per heavy atom. The molecule has 3 N–H and O–H groups in total. The van der Waals surface area contributed by atoms with Crippen LogP contribution in [-0.2, 0) is 20.0 Å². The first-order chi connectivity index (χ1) is 30.3. The summed E-state index contributed by atoms with van der Waals surface area (Å²) in [6.07, 6.45) is 7.53. The molecule has 3 aromatic carbocycles. The predicted molar refractivity (Wildman–Crippen MR) is 242 cm³/mol. The van der Waals surface area contributed by atoms with Crippen molar-refractivity contribution in [3.63, 3.8) is 0 Å². The Bertz CT molecular complexity index is 3110. The Labute approximate surface area is 367 Å². The highest BCUT2D eigenvalue weighted by Crippen LogP contribution is 2.51. The smallest absolute Gasteiger partial charge is 0.338 e. The van der Waals surface area contributed by atoms with Crippen LogP contribution in [0.3, 0.4) is 0 Å². The van der Waals surface area contributed by atoms with Gasteiger partial charge in [0.05, 0.1) is 27.1 Å². The number of nitrogens with one attached hydrogen (secondary N) is 1. The molecule has 1 amide bonds. The number of aryl methyl sites for hydroxylation is 2. The maximum Gasteiger partial charge on any atom is 0.338 e. The van der Waals surface area contributed by atoms with Crippen molar-refractivity contribution in [1.82, 2.24) is 28.0 Å². The van der Waals surface area contributed by atoms with E-state index in [0.717, 1.165) is 41.7 Å². The van der Waals surface area contributed by atoms with Gasteiger partial charge < -0.3 is 19.9 Å². The van der Waals surface area contributed by atoms with Gasteiger partial charge in [0, 0.05) is 89.5 Å². The van der Waals surface area contributed by atoms with Gasteiger partial charge in [-0.3, -0.25) is 23.7 Å². The van der Waals surface area contributed by atoms with Crippen molar-refractivity contribution < 1.29 is 18.1 Å². The second kappa shape index (κ2) is 15.7. The number of rotatable bonds is 8. The van der Waals surface area contributed by atoms with E-state index in [2.05, 4.69) is 36.5 Å². The fourth-order valence-corrected chi connectivity index (χ4v) is 12.2. The second-order valence-electron chi connectivity index (χ2n) is 17.1. The molecule has 0 radical (unpaired) electrons. The van der Waals surface area contributed by atoms with Crippen molar-refractivity contribution >= 4 is 49.6 Å². The van der Waals surface area contributed by atoms with E-state index in [9.17, 15) is 18.2 Å². The quantitative estimate of drug-likeness (QED) is 0.124. The van der Waals surface area contributed by atoms with Crippen molar-refractivity contribution in [2.45, 2.75) is 81.7 Å². The molecule has 2 atom stereocenters. The fraction of sp³-hybridized carbons (Fsp3) is 0.370. The molecule has 2 fully saturated rings. The number of carbonyl (C=O) groups excluding carboxylic acids is 1. The molecule has 63 heavy (non-hydrogen) atoms. The molecule has 0 unspecified atom stereocenters. The lowest BCUT2D eigenvalue weighted by Crippen LogP contribution is -2.48. The zero-order valence-electron chi connectivity index (χ0n) is 35.3. The van der Waals surface area contributed by atoms with E-state index >= 15 is 4.79 Å². The first-order valence-corrected chi connectivity index (χ1v) is 23.9. The molecule has 17 heteroatoms. The number of aromatic amines is 1. The average Bonchev–Trinajstić information content (AvgIpc) is 3.62. The van der Waals surface area contributed by atoms with Crippen LogP contribution in [0.2, 0.25) is 0 Å². The van der Waals surface area contributed by atoms with Gasteiger partial charge in [-0.2, -0.15) is 4.37 Å². The molecule has 3 aliphatic heterocycles. The molecule has 4 aliphatic rings. The molecule has 6 heterocycles. The molecular formula is C46H48FN9O5S2. The van der Waals surface area contributed by atoms with E-state index < -0.39 is 27.0 Å². The molecular weight excluding hydrogens is 842 g/mol. The van der Waals surface area contributed by atoms with Gasteiger partial charge >= 0.3 is 10.6 Å². The minimum Gasteiger partial charge on any atom is -0.402 e. The average molecular weight is 890 g/mol. The third-order valence-corrected chi connectivity index (χ3v) is 16.1. The normalized spacial score (nSPS) is 21.6. The van der Waals surface area contributed by atoms with Gasteiger partial charge in [-0.15, -0.1) is 0 Å². The van der Waals surface area contributed by atoms with Gasteiger partial charge in [-0.1, -0.05) is 6.07 Å². The summed E-state index contributed by atoms with van der Waals surface area (Å²) in [4.78, 5) is 52.5. The summed E-state index contributed by atoms with van der Waals surface area (Å²) in [6, 6.07) is 17.9. The van der Waals surface area contributed by atoms with E-state index in [4.69, 9.17) is 15.5 Å². The van der Waals surface area contributed by atoms with Crippen LogP contribution in [0, 0.1) is 19.7 Å². The molecule has 6 aromatic rings. The topological polar surface area (TPSA) is 175 Å². The Morgan fingerprint density at radius 2 is 1.78 bits per heavy atom. The first kappa shape index (κ1) is 41.1. The second-order valence-corrected chi connectivity index (χ2v) is 20.3. The van der Waals surface area contributed by atoms with Crippen LogP contribution >= 0.6 is 11.5 Å². The number of amides is 1. The lowest BCUT2D eigenvalue weighted by Gasteiger charge is -2.37. The highest BCUT2D eigenvalue weighted by atomic mass is 32.2. The van der Waals surface area contributed by atoms with Crippen LogP contribution in [-0.4, -0.2) is 82.0 Å². The van der Waals surface area contributed by atoms with E-state index in [0.29, 0.717) is 107 Å². The lowest BCUT2D eigenvalue weighted by molar-refractivity contribution is 0.0697. The minimum atomic E-state index is -2.48. The van der Waals surface area contributed by atoms with E-state index in [-0.39, 0.29) is 22.4 Å². The SMILES string of the molecule is Cc1cc(N=C(C2=C(N)CCN(C(=O)c3cc4cc(C5CCOCC5)ccc4n3C3(c4nsc(=O)[nH]4)CC3)[C@H]2C)n2ccn(-c3ccc([S@]4(=O)=NCCC4)cc3)c2=O)cc(C)c1F. The van der Waals surface area contributed by atoms with Gasteiger partial charge in [-0.05, 0) is 130 Å². The standard InChI is InChI=1S/C46H48FN9O5S2/c1-27-23-33(24-28(2)40(27)47)50-41(55-19-18-54(45(55)59)34-6-8-35(9-7-34)63(60)22-4-16-49-63)39-29(3)53(17-11-36(39)48)42(57)38-26-32-25-31(30-12-20-61-21-13-30)5-10-37(32)56(38)46(14-15-46)43-51-44(58)62-52-43/h5-10,18-19,23-26,29-30H,4,11-17,20-22,48H2,1-3H3,(H,51,52,58)/t29-,63-/m0/s1. The number of benzene rings is 3. The Kier molecular flexibility index (Phi) is 10.3. The zero-order valence-corrected chi connectivity index (χ0v) is 36.9. The maximum absolute atomic E-state index is 15.4. The van der Waals surface area contributed by atoms with E-state index in [1.165, 1.54) is 14.7 Å². The zero-order chi connectivity index (χ0) is 43.8. The minimum absolute atomic E-state index is 0.205. The molecule has 3 aromatic heterocycles. The summed E-state index contributed by atoms with van der Waals surface area (Å²) in [5.74, 6) is 1.00. The third kappa shape index (κ3) is 7.09. The van der Waals surface area contributed by atoms with Crippen molar-refractivity contribution in [2.75, 3.05) is 32.1 Å². The summed E-state index contributed by atoms with van der Waals surface area (Å²) in [6.45, 7) is 7.48. The number of nitrogens with zero attached hydrogens (tertiary/aromatic N) is 7. The highest BCUT2D eigenvalue weighted by molar-refractivity contribution is 7.93. The molecule has 1 saturated carbocycles. The monoisotopic (exact) mass is 889 g/mol. The number of hydrogen-bond acceptors (Lipinski definition) is 10. The Hall–Kier alpha value is -5.91. The van der Waals surface area contributed by atoms with Gasteiger partial charge in [0.25, 0.3) is 5.91 Å². The van der Waals surface area contributed by atoms with Crippen molar-refractivity contribution in [3.05, 3.63) is 139 Å². The number of aromatic nitrogens is 5. The highest BCUT2D eigenvalue weighted by Gasteiger charge is 2.52. The molecule has 0 bridgehead atoms. The Morgan fingerprint density at radius 1 is 1.03 bits per heavy atom. The molecule has 1 saturated heterocycles. The van der Waals surface area contributed by atoms with Crippen LogP contribution < -0.4 is 16.3 Å². The number of imidazole rings is 1. The van der Waals surface area contributed by atoms with Gasteiger partial charge in [-0.25, -0.2) is 22.7 Å². The number of hydrogen-bond donors (Lipinski definition) is 2. The summed E-state index contributed by atoms with van der Waals surface area (Å²) in [5, 5.41) is 0.917. The number of H-pyrrole nitrogens is 1. The summed E-state index contributed by atoms with van der Waals surface area (Å²) >= 11 is 0.869. The predicted octanol–water partition coefficient (Wildman–Crippen LogP) is 6.88. The molecule has 326 valence electrons. The molecule has 1 aliphatic carbocycles. The molecule has 14 nitrogen and oxygen atoms in total. The first-order valence-electron chi connectivity index (χ1n) is 21.4. The fourth-order valence-electron chi connectivity index (χ4n) is 9.64. The molecule has 10 rings (SSSR count). The van der Waals surface area contributed by atoms with E-state index in [1.807, 2.05) is 13.0 Å². The van der Waals surface area contributed by atoms with Gasteiger partial charge in [0.1, 0.15) is 28.7 Å². The van der Waals surface area contributed by atoms with Gasteiger partial charge in [0.2, 0.25) is 0 Å². The maximum atomic E-state index is 15.4. The van der Waals surface area contributed by atoms with Crippen LogP contribution in [0.1, 0.15) is 84.4 Å². The number of aliphatic imine (C=N–C) groups is 1. The number of nitrogens with two attached hydrogens (primary N) is 1. The van der Waals surface area contributed by atoms with Crippen LogP contribution in [0.15, 0.2) is 108 Å². The van der Waals surface area contributed by atoms with Crippen molar-refractivity contribution in [1.29, 1.82) is 0 Å². The Balaban J connectivity index is 1.07. The van der Waals surface area contributed by atoms with E-state index in [1.54, 1.807) is 67.5 Å². The largest absolute Gasteiger partial charge is 0.402 e. The number of ether oxygens (including phenoxy) is 1. The van der Waals surface area contributed by atoms with Crippen molar-refractivity contribution in [2.24, 2.45) is 15.1 Å². The number of carbonyl (C=O) groups is 1.